The maximum Gasteiger partial charge on any atom is 0.122 e. The highest BCUT2D eigenvalue weighted by atomic mass is 35.5. The van der Waals surface area contributed by atoms with Crippen LogP contribution in [0, 0.1) is 6.92 Å². The lowest BCUT2D eigenvalue weighted by molar-refractivity contribution is 0.301. The molecule has 25 heavy (non-hydrogen) atoms. The van der Waals surface area contributed by atoms with Gasteiger partial charge in [-0.25, -0.2) is 4.98 Å². The smallest absolute Gasteiger partial charge is 0.122 e. The summed E-state index contributed by atoms with van der Waals surface area (Å²) in [5, 5.41) is 0. The summed E-state index contributed by atoms with van der Waals surface area (Å²) in [6, 6.07) is 16.6. The molecule has 0 spiro atoms. The number of para-hydroxylation sites is 3. The Balaban J connectivity index is 0.00000225. The second-order valence-corrected chi connectivity index (χ2v) is 6.59. The van der Waals surface area contributed by atoms with Crippen LogP contribution in [0.4, 0.5) is 0 Å². The standard InChI is InChI=1S/C21H26N2O.ClH/c1-16(2)21-22-18-11-5-6-12-19(18)23(21)14-8-9-15-24-20-13-7-4-10-17(20)3;/h4-7,10-13,16H,8-9,14-15H2,1-3H3;1H. The minimum Gasteiger partial charge on any atom is -0.493 e. The maximum absolute atomic E-state index is 5.90. The van der Waals surface area contributed by atoms with Crippen molar-refractivity contribution in [2.75, 3.05) is 6.61 Å². The zero-order valence-corrected chi connectivity index (χ0v) is 16.1. The molecule has 0 amide bonds. The summed E-state index contributed by atoms with van der Waals surface area (Å²) in [5.74, 6) is 2.60. The summed E-state index contributed by atoms with van der Waals surface area (Å²) in [6.07, 6.45) is 2.13. The molecule has 3 aromatic rings. The van der Waals surface area contributed by atoms with Crippen molar-refractivity contribution < 1.29 is 4.74 Å². The van der Waals surface area contributed by atoms with Crippen molar-refractivity contribution in [1.29, 1.82) is 0 Å². The lowest BCUT2D eigenvalue weighted by Gasteiger charge is -2.12. The predicted octanol–water partition coefficient (Wildman–Crippen LogP) is 5.75. The van der Waals surface area contributed by atoms with E-state index in [9.17, 15) is 0 Å². The molecule has 0 saturated carbocycles. The molecule has 0 atom stereocenters. The molecule has 0 unspecified atom stereocenters. The highest BCUT2D eigenvalue weighted by Gasteiger charge is 2.12. The van der Waals surface area contributed by atoms with Crippen molar-refractivity contribution in [1.82, 2.24) is 9.55 Å². The Hall–Kier alpha value is -2.00. The van der Waals surface area contributed by atoms with Gasteiger partial charge in [-0.15, -0.1) is 12.4 Å². The van der Waals surface area contributed by atoms with Crippen molar-refractivity contribution in [2.45, 2.75) is 46.1 Å². The van der Waals surface area contributed by atoms with E-state index in [-0.39, 0.29) is 12.4 Å². The Morgan fingerprint density at radius 2 is 1.72 bits per heavy atom. The van der Waals surface area contributed by atoms with Crippen molar-refractivity contribution in [3.63, 3.8) is 0 Å². The van der Waals surface area contributed by atoms with Gasteiger partial charge in [0.25, 0.3) is 0 Å². The minimum absolute atomic E-state index is 0. The van der Waals surface area contributed by atoms with Gasteiger partial charge in [0.15, 0.2) is 0 Å². The second kappa shape index (κ2) is 8.91. The van der Waals surface area contributed by atoms with Crippen LogP contribution in [0.25, 0.3) is 11.0 Å². The number of hydrogen-bond donors (Lipinski definition) is 0. The fourth-order valence-electron chi connectivity index (χ4n) is 3.04. The fraction of sp³-hybridized carbons (Fsp3) is 0.381. The van der Waals surface area contributed by atoms with Crippen LogP contribution in [0.15, 0.2) is 48.5 Å². The van der Waals surface area contributed by atoms with Crippen LogP contribution in [0.3, 0.4) is 0 Å². The molecule has 0 N–H and O–H groups in total. The van der Waals surface area contributed by atoms with Crippen LogP contribution in [-0.2, 0) is 6.54 Å². The number of aromatic nitrogens is 2. The molecule has 2 aromatic carbocycles. The van der Waals surface area contributed by atoms with Crippen LogP contribution >= 0.6 is 12.4 Å². The van der Waals surface area contributed by atoms with Crippen LogP contribution < -0.4 is 4.74 Å². The zero-order valence-electron chi connectivity index (χ0n) is 15.2. The first-order valence-electron chi connectivity index (χ1n) is 8.80. The quantitative estimate of drug-likeness (QED) is 0.503. The van der Waals surface area contributed by atoms with Crippen molar-refractivity contribution in [2.24, 2.45) is 0 Å². The number of rotatable bonds is 7. The lowest BCUT2D eigenvalue weighted by atomic mass is 10.2. The number of benzene rings is 2. The number of hydrogen-bond acceptors (Lipinski definition) is 2. The topological polar surface area (TPSA) is 27.1 Å². The van der Waals surface area contributed by atoms with E-state index in [1.165, 1.54) is 16.9 Å². The Kier molecular flexibility index (Phi) is 6.89. The Morgan fingerprint density at radius 1 is 1.00 bits per heavy atom. The molecule has 0 saturated heterocycles. The molecule has 134 valence electrons. The van der Waals surface area contributed by atoms with E-state index in [2.05, 4.69) is 55.7 Å². The van der Waals surface area contributed by atoms with Gasteiger partial charge in [0.05, 0.1) is 17.6 Å². The molecule has 1 heterocycles. The number of nitrogens with zero attached hydrogens (tertiary/aromatic N) is 2. The first-order valence-corrected chi connectivity index (χ1v) is 8.80. The monoisotopic (exact) mass is 358 g/mol. The fourth-order valence-corrected chi connectivity index (χ4v) is 3.04. The van der Waals surface area contributed by atoms with Crippen molar-refractivity contribution in [3.05, 3.63) is 59.9 Å². The molecule has 4 heteroatoms. The number of unbranched alkanes of at least 4 members (excludes halogenated alkanes) is 1. The first kappa shape index (κ1) is 19.3. The number of fused-ring (bicyclic) bond motifs is 1. The number of aryl methyl sites for hydroxylation is 2. The van der Waals surface area contributed by atoms with Gasteiger partial charge in [0.1, 0.15) is 11.6 Å². The highest BCUT2D eigenvalue weighted by Crippen LogP contribution is 2.22. The molecule has 3 nitrogen and oxygen atoms in total. The average molecular weight is 359 g/mol. The van der Waals surface area contributed by atoms with Gasteiger partial charge in [-0.2, -0.15) is 0 Å². The van der Waals surface area contributed by atoms with E-state index < -0.39 is 0 Å². The van der Waals surface area contributed by atoms with Crippen LogP contribution in [0.5, 0.6) is 5.75 Å². The molecular formula is C21H27ClN2O. The van der Waals surface area contributed by atoms with E-state index in [4.69, 9.17) is 9.72 Å². The molecule has 0 fully saturated rings. The summed E-state index contributed by atoms with van der Waals surface area (Å²) in [5.41, 5.74) is 3.53. The Morgan fingerprint density at radius 3 is 2.48 bits per heavy atom. The third-order valence-electron chi connectivity index (χ3n) is 4.33. The van der Waals surface area contributed by atoms with E-state index in [1.807, 2.05) is 18.2 Å². The van der Waals surface area contributed by atoms with Gasteiger partial charge < -0.3 is 9.30 Å². The van der Waals surface area contributed by atoms with Gasteiger partial charge in [-0.3, -0.25) is 0 Å². The summed E-state index contributed by atoms with van der Waals surface area (Å²) < 4.78 is 8.27. The summed E-state index contributed by atoms with van der Waals surface area (Å²) in [4.78, 5) is 4.80. The molecule has 3 rings (SSSR count). The lowest BCUT2D eigenvalue weighted by Crippen LogP contribution is -2.07. The van der Waals surface area contributed by atoms with Crippen molar-refractivity contribution in [3.8, 4) is 5.75 Å². The van der Waals surface area contributed by atoms with E-state index in [0.29, 0.717) is 5.92 Å². The second-order valence-electron chi connectivity index (χ2n) is 6.59. The molecular weight excluding hydrogens is 332 g/mol. The molecule has 0 aliphatic rings. The Labute approximate surface area is 156 Å². The van der Waals surface area contributed by atoms with Gasteiger partial charge in [0.2, 0.25) is 0 Å². The van der Waals surface area contributed by atoms with Gasteiger partial charge >= 0.3 is 0 Å². The SMILES string of the molecule is Cc1ccccc1OCCCCn1c(C(C)C)nc2ccccc21.Cl. The van der Waals surface area contributed by atoms with Crippen LogP contribution in [-0.4, -0.2) is 16.2 Å². The van der Waals surface area contributed by atoms with Gasteiger partial charge in [0, 0.05) is 12.5 Å². The normalized spacial score (nSPS) is 10.9. The maximum atomic E-state index is 5.90. The average Bonchev–Trinajstić information content (AvgIpc) is 2.95. The third-order valence-corrected chi connectivity index (χ3v) is 4.33. The number of halogens is 1. The predicted molar refractivity (Wildman–Crippen MR) is 107 cm³/mol. The zero-order chi connectivity index (χ0) is 16.9. The molecule has 0 bridgehead atoms. The molecule has 0 aliphatic carbocycles. The molecule has 1 aromatic heterocycles. The van der Waals surface area contributed by atoms with Crippen molar-refractivity contribution >= 4 is 23.4 Å². The number of imidazole rings is 1. The van der Waals surface area contributed by atoms with Gasteiger partial charge in [-0.1, -0.05) is 44.2 Å². The van der Waals surface area contributed by atoms with Crippen LogP contribution in [0.1, 0.15) is 44.0 Å². The van der Waals surface area contributed by atoms with Crippen LogP contribution in [0.2, 0.25) is 0 Å². The first-order chi connectivity index (χ1) is 11.7. The van der Waals surface area contributed by atoms with E-state index >= 15 is 0 Å². The number of ether oxygens (including phenoxy) is 1. The van der Waals surface area contributed by atoms with E-state index in [0.717, 1.165) is 37.3 Å². The van der Waals surface area contributed by atoms with Gasteiger partial charge in [-0.05, 0) is 43.5 Å². The summed E-state index contributed by atoms with van der Waals surface area (Å²) in [7, 11) is 0. The molecule has 0 aliphatic heterocycles. The third kappa shape index (κ3) is 4.55. The summed E-state index contributed by atoms with van der Waals surface area (Å²) in [6.45, 7) is 8.25. The minimum atomic E-state index is 0. The highest BCUT2D eigenvalue weighted by molar-refractivity contribution is 5.85. The largest absolute Gasteiger partial charge is 0.493 e. The van der Waals surface area contributed by atoms with E-state index in [1.54, 1.807) is 0 Å². The summed E-state index contributed by atoms with van der Waals surface area (Å²) >= 11 is 0. The molecule has 0 radical (unpaired) electrons. The Bertz CT molecular complexity index is 811.